The van der Waals surface area contributed by atoms with Crippen LogP contribution >= 0.6 is 0 Å². The molecule has 1 amide bonds. The lowest BCUT2D eigenvalue weighted by molar-refractivity contribution is 0.0963. The van der Waals surface area contributed by atoms with Crippen LogP contribution < -0.4 is 9.62 Å². The predicted octanol–water partition coefficient (Wildman–Crippen LogP) is 2.15. The number of nitrogens with zero attached hydrogens (tertiary/aromatic N) is 1. The van der Waals surface area contributed by atoms with Gasteiger partial charge in [-0.3, -0.25) is 9.10 Å². The van der Waals surface area contributed by atoms with Crippen LogP contribution in [0.15, 0.2) is 48.5 Å². The number of hydrogen-bond acceptors (Lipinski definition) is 3. The Morgan fingerprint density at radius 1 is 1.13 bits per heavy atom. The van der Waals surface area contributed by atoms with E-state index in [2.05, 4.69) is 5.32 Å². The number of sulfonamides is 1. The number of rotatable bonds is 5. The van der Waals surface area contributed by atoms with E-state index in [0.717, 1.165) is 10.6 Å². The maximum Gasteiger partial charge on any atom is 0.251 e. The van der Waals surface area contributed by atoms with Crippen LogP contribution in [0.1, 0.15) is 15.9 Å². The van der Waals surface area contributed by atoms with Crippen LogP contribution in [0.5, 0.6) is 0 Å². The zero-order chi connectivity index (χ0) is 17.0. The first kappa shape index (κ1) is 17.0. The van der Waals surface area contributed by atoms with E-state index in [0.29, 0.717) is 11.1 Å². The summed E-state index contributed by atoms with van der Waals surface area (Å²) in [5.41, 5.74) is 1.10. The summed E-state index contributed by atoms with van der Waals surface area (Å²) in [6.07, 6.45) is 1.03. The number of para-hydroxylation sites is 1. The lowest BCUT2D eigenvalue weighted by atomic mass is 10.1. The third kappa shape index (κ3) is 4.07. The second-order valence-electron chi connectivity index (χ2n) is 5.00. The number of carbonyl (C=O) groups is 1. The van der Waals surface area contributed by atoms with Gasteiger partial charge in [-0.1, -0.05) is 24.3 Å². The molecule has 7 heteroatoms. The fourth-order valence-electron chi connectivity index (χ4n) is 2.11. The summed E-state index contributed by atoms with van der Waals surface area (Å²) >= 11 is 0. The molecule has 0 saturated carbocycles. The molecule has 0 bridgehead atoms. The Morgan fingerprint density at radius 3 is 2.26 bits per heavy atom. The number of hydrogen-bond donors (Lipinski definition) is 1. The molecule has 0 fully saturated rings. The van der Waals surface area contributed by atoms with E-state index in [1.54, 1.807) is 30.3 Å². The molecule has 0 atom stereocenters. The Kier molecular flexibility index (Phi) is 5.00. The molecular weight excluding hydrogens is 319 g/mol. The number of nitrogens with one attached hydrogen (secondary N) is 1. The average molecular weight is 336 g/mol. The van der Waals surface area contributed by atoms with E-state index >= 15 is 0 Å². The van der Waals surface area contributed by atoms with Crippen molar-refractivity contribution in [1.82, 2.24) is 5.32 Å². The molecule has 0 aliphatic rings. The lowest BCUT2D eigenvalue weighted by Gasteiger charge is -2.23. The van der Waals surface area contributed by atoms with Crippen molar-refractivity contribution < 1.29 is 17.6 Å². The third-order valence-corrected chi connectivity index (χ3v) is 4.42. The molecule has 0 saturated heterocycles. The Labute approximate surface area is 134 Å². The minimum Gasteiger partial charge on any atom is -0.355 e. The zero-order valence-electron chi connectivity index (χ0n) is 12.8. The smallest absolute Gasteiger partial charge is 0.251 e. The molecule has 2 aromatic carbocycles. The van der Waals surface area contributed by atoms with E-state index < -0.39 is 15.8 Å². The van der Waals surface area contributed by atoms with Gasteiger partial charge in [0, 0.05) is 12.6 Å². The van der Waals surface area contributed by atoms with Crippen LogP contribution in [0.2, 0.25) is 0 Å². The largest absolute Gasteiger partial charge is 0.355 e. The molecule has 0 heterocycles. The van der Waals surface area contributed by atoms with Crippen molar-refractivity contribution in [2.75, 3.05) is 17.6 Å². The summed E-state index contributed by atoms with van der Waals surface area (Å²) in [6.45, 7) is -0.0200. The summed E-state index contributed by atoms with van der Waals surface area (Å²) in [4.78, 5) is 11.5. The Bertz CT molecular complexity index is 804. The van der Waals surface area contributed by atoms with Crippen LogP contribution in [-0.2, 0) is 16.6 Å². The Hall–Kier alpha value is -2.41. The van der Waals surface area contributed by atoms with Crippen molar-refractivity contribution in [3.05, 3.63) is 65.5 Å². The molecule has 0 spiro atoms. The van der Waals surface area contributed by atoms with Crippen LogP contribution in [0.3, 0.4) is 0 Å². The summed E-state index contributed by atoms with van der Waals surface area (Å²) in [5.74, 6) is -0.842. The van der Waals surface area contributed by atoms with Crippen molar-refractivity contribution in [2.45, 2.75) is 6.54 Å². The van der Waals surface area contributed by atoms with Gasteiger partial charge in [0.1, 0.15) is 5.82 Å². The molecule has 23 heavy (non-hydrogen) atoms. The summed E-state index contributed by atoms with van der Waals surface area (Å²) < 4.78 is 38.9. The molecule has 5 nitrogen and oxygen atoms in total. The quantitative estimate of drug-likeness (QED) is 0.910. The van der Waals surface area contributed by atoms with Gasteiger partial charge in [-0.2, -0.15) is 0 Å². The van der Waals surface area contributed by atoms with Crippen LogP contribution in [0.25, 0.3) is 0 Å². The zero-order valence-corrected chi connectivity index (χ0v) is 13.6. The van der Waals surface area contributed by atoms with Crippen LogP contribution in [0.4, 0.5) is 10.1 Å². The maximum absolute atomic E-state index is 13.9. The highest BCUT2D eigenvalue weighted by atomic mass is 32.2. The molecule has 1 N–H and O–H groups in total. The molecule has 0 radical (unpaired) electrons. The second kappa shape index (κ2) is 6.78. The van der Waals surface area contributed by atoms with E-state index in [-0.39, 0.29) is 18.1 Å². The fraction of sp³-hybridized carbons (Fsp3) is 0.188. The molecule has 2 aromatic rings. The Balaban J connectivity index is 2.33. The van der Waals surface area contributed by atoms with Gasteiger partial charge in [0.05, 0.1) is 18.5 Å². The maximum atomic E-state index is 13.9. The van der Waals surface area contributed by atoms with Crippen molar-refractivity contribution in [2.24, 2.45) is 0 Å². The standard InChI is InChI=1S/C16H17FN2O3S/c1-18-16(20)13-9-7-12(8-10-13)11-19(23(2,21)22)15-6-4-3-5-14(15)17/h3-10H,11H2,1-2H3,(H,18,20). The van der Waals surface area contributed by atoms with E-state index in [9.17, 15) is 17.6 Å². The minimum absolute atomic E-state index is 0.00891. The van der Waals surface area contributed by atoms with Gasteiger partial charge in [-0.05, 0) is 29.8 Å². The first-order valence-corrected chi connectivity index (χ1v) is 8.71. The molecule has 0 aliphatic heterocycles. The fourth-order valence-corrected chi connectivity index (χ4v) is 3.00. The van der Waals surface area contributed by atoms with Crippen molar-refractivity contribution in [3.63, 3.8) is 0 Å². The highest BCUT2D eigenvalue weighted by molar-refractivity contribution is 7.92. The average Bonchev–Trinajstić information content (AvgIpc) is 2.52. The van der Waals surface area contributed by atoms with Gasteiger partial charge < -0.3 is 5.32 Å². The summed E-state index contributed by atoms with van der Waals surface area (Å²) in [6, 6.07) is 12.2. The van der Waals surface area contributed by atoms with Crippen molar-refractivity contribution in [3.8, 4) is 0 Å². The molecule has 122 valence electrons. The molecule has 2 rings (SSSR count). The first-order valence-electron chi connectivity index (χ1n) is 6.86. The number of amides is 1. The van der Waals surface area contributed by atoms with Crippen LogP contribution in [0, 0.1) is 5.82 Å². The van der Waals surface area contributed by atoms with Crippen LogP contribution in [-0.4, -0.2) is 27.6 Å². The topological polar surface area (TPSA) is 66.5 Å². The van der Waals surface area contributed by atoms with Gasteiger partial charge in [-0.15, -0.1) is 0 Å². The minimum atomic E-state index is -3.66. The van der Waals surface area contributed by atoms with Crippen molar-refractivity contribution >= 4 is 21.6 Å². The molecule has 0 unspecified atom stereocenters. The van der Waals surface area contributed by atoms with Gasteiger partial charge in [0.2, 0.25) is 10.0 Å². The number of benzene rings is 2. The monoisotopic (exact) mass is 336 g/mol. The van der Waals surface area contributed by atoms with Gasteiger partial charge >= 0.3 is 0 Å². The highest BCUT2D eigenvalue weighted by Crippen LogP contribution is 2.23. The summed E-state index contributed by atoms with van der Waals surface area (Å²) in [7, 11) is -2.13. The van der Waals surface area contributed by atoms with Gasteiger partial charge in [-0.25, -0.2) is 12.8 Å². The van der Waals surface area contributed by atoms with Crippen molar-refractivity contribution in [1.29, 1.82) is 0 Å². The number of carbonyl (C=O) groups excluding carboxylic acids is 1. The molecular formula is C16H17FN2O3S. The highest BCUT2D eigenvalue weighted by Gasteiger charge is 2.20. The lowest BCUT2D eigenvalue weighted by Crippen LogP contribution is -2.30. The van der Waals surface area contributed by atoms with E-state index in [1.807, 2.05) is 0 Å². The second-order valence-corrected chi connectivity index (χ2v) is 6.90. The molecule has 0 aromatic heterocycles. The van der Waals surface area contributed by atoms with E-state index in [1.165, 1.54) is 25.2 Å². The van der Waals surface area contributed by atoms with Gasteiger partial charge in [0.25, 0.3) is 5.91 Å². The number of halogens is 1. The van der Waals surface area contributed by atoms with Gasteiger partial charge in [0.15, 0.2) is 0 Å². The van der Waals surface area contributed by atoms with E-state index in [4.69, 9.17) is 0 Å². The Morgan fingerprint density at radius 2 is 1.74 bits per heavy atom. The third-order valence-electron chi connectivity index (χ3n) is 3.29. The summed E-state index contributed by atoms with van der Waals surface area (Å²) in [5, 5.41) is 2.50. The predicted molar refractivity (Wildman–Crippen MR) is 87.3 cm³/mol. The molecule has 0 aliphatic carbocycles. The normalized spacial score (nSPS) is 11.1. The first-order chi connectivity index (χ1) is 10.8. The SMILES string of the molecule is CNC(=O)c1ccc(CN(c2ccccc2F)S(C)(=O)=O)cc1. The number of anilines is 1.